The summed E-state index contributed by atoms with van der Waals surface area (Å²) in [6, 6.07) is 8.56. The van der Waals surface area contributed by atoms with Gasteiger partial charge in [0.1, 0.15) is 17.7 Å². The third kappa shape index (κ3) is 6.13. The van der Waals surface area contributed by atoms with E-state index >= 15 is 0 Å². The number of nitriles is 1. The molecule has 1 atom stereocenters. The van der Waals surface area contributed by atoms with Gasteiger partial charge in [0.25, 0.3) is 5.91 Å². The van der Waals surface area contributed by atoms with Crippen LogP contribution in [0.1, 0.15) is 31.4 Å². The van der Waals surface area contributed by atoms with Gasteiger partial charge in [0, 0.05) is 12.7 Å². The van der Waals surface area contributed by atoms with E-state index in [4.69, 9.17) is 10.4 Å². The number of carbonyl (C=O) groups is 2. The van der Waals surface area contributed by atoms with E-state index in [1.54, 1.807) is 6.07 Å². The molecule has 0 aliphatic heterocycles. The van der Waals surface area contributed by atoms with Crippen LogP contribution in [0, 0.1) is 24.2 Å². The lowest BCUT2D eigenvalue weighted by Crippen LogP contribution is -2.42. The van der Waals surface area contributed by atoms with E-state index in [0.717, 1.165) is 11.1 Å². The van der Waals surface area contributed by atoms with E-state index in [0.29, 0.717) is 13.0 Å². The fraction of sp³-hybridized carbons (Fsp3) is 0.389. The summed E-state index contributed by atoms with van der Waals surface area (Å²) in [7, 11) is 0. The number of hydrogen-bond donors (Lipinski definition) is 3. The highest BCUT2D eigenvalue weighted by atomic mass is 16.4. The molecular formula is C18H23N3O3. The first-order valence-electron chi connectivity index (χ1n) is 7.77. The maximum atomic E-state index is 12.1. The minimum atomic E-state index is -1.11. The summed E-state index contributed by atoms with van der Waals surface area (Å²) in [6.07, 6.45) is 1.62. The molecular weight excluding hydrogens is 306 g/mol. The lowest BCUT2D eigenvalue weighted by Gasteiger charge is -2.16. The van der Waals surface area contributed by atoms with E-state index in [1.165, 1.54) is 6.20 Å². The van der Waals surface area contributed by atoms with Gasteiger partial charge in [-0.1, -0.05) is 38.1 Å². The number of carboxylic acids is 1. The van der Waals surface area contributed by atoms with Crippen molar-refractivity contribution in [1.29, 1.82) is 5.26 Å². The number of nitrogens with one attached hydrogen (secondary N) is 2. The Labute approximate surface area is 142 Å². The van der Waals surface area contributed by atoms with E-state index in [2.05, 4.69) is 10.6 Å². The highest BCUT2D eigenvalue weighted by molar-refractivity contribution is 5.99. The minimum Gasteiger partial charge on any atom is -0.480 e. The van der Waals surface area contributed by atoms with Crippen LogP contribution in [0.15, 0.2) is 36.0 Å². The molecule has 6 nitrogen and oxygen atoms in total. The molecule has 128 valence electrons. The molecule has 3 N–H and O–H groups in total. The van der Waals surface area contributed by atoms with Crippen molar-refractivity contribution in [1.82, 2.24) is 10.6 Å². The van der Waals surface area contributed by atoms with Crippen molar-refractivity contribution in [3.05, 3.63) is 47.2 Å². The summed E-state index contributed by atoms with van der Waals surface area (Å²) in [4.78, 5) is 23.3. The molecule has 1 unspecified atom stereocenters. The third-order valence-corrected chi connectivity index (χ3v) is 3.48. The normalized spacial score (nSPS) is 12.4. The van der Waals surface area contributed by atoms with Crippen molar-refractivity contribution in [2.45, 2.75) is 39.8 Å². The van der Waals surface area contributed by atoms with Gasteiger partial charge in [0.15, 0.2) is 0 Å². The van der Waals surface area contributed by atoms with Crippen LogP contribution in [0.5, 0.6) is 0 Å². The van der Waals surface area contributed by atoms with E-state index in [9.17, 15) is 9.59 Å². The zero-order valence-corrected chi connectivity index (χ0v) is 14.2. The van der Waals surface area contributed by atoms with Crippen molar-refractivity contribution in [3.8, 4) is 6.07 Å². The van der Waals surface area contributed by atoms with Gasteiger partial charge >= 0.3 is 5.97 Å². The van der Waals surface area contributed by atoms with Gasteiger partial charge in [-0.15, -0.1) is 0 Å². The summed E-state index contributed by atoms with van der Waals surface area (Å²) in [5, 5.41) is 23.6. The molecule has 0 radical (unpaired) electrons. The average molecular weight is 329 g/mol. The van der Waals surface area contributed by atoms with Crippen LogP contribution >= 0.6 is 0 Å². The maximum absolute atomic E-state index is 12.1. The Morgan fingerprint density at radius 2 is 2.00 bits per heavy atom. The van der Waals surface area contributed by atoms with Crippen molar-refractivity contribution in [2.75, 3.05) is 0 Å². The fourth-order valence-electron chi connectivity index (χ4n) is 2.15. The Morgan fingerprint density at radius 3 is 2.54 bits per heavy atom. The monoisotopic (exact) mass is 329 g/mol. The van der Waals surface area contributed by atoms with Crippen molar-refractivity contribution in [2.24, 2.45) is 5.92 Å². The van der Waals surface area contributed by atoms with Gasteiger partial charge in [-0.25, -0.2) is 4.79 Å². The van der Waals surface area contributed by atoms with Crippen molar-refractivity contribution < 1.29 is 14.7 Å². The van der Waals surface area contributed by atoms with Crippen LogP contribution in [-0.4, -0.2) is 23.0 Å². The Balaban J connectivity index is 2.70. The topological polar surface area (TPSA) is 102 Å². The van der Waals surface area contributed by atoms with Crippen molar-refractivity contribution in [3.63, 3.8) is 0 Å². The fourth-order valence-corrected chi connectivity index (χ4v) is 2.15. The number of aliphatic carboxylic acids is 1. The minimum absolute atomic E-state index is 0.111. The highest BCUT2D eigenvalue weighted by Crippen LogP contribution is 2.07. The Kier molecular flexibility index (Phi) is 7.50. The van der Waals surface area contributed by atoms with Gasteiger partial charge in [-0.05, 0) is 30.4 Å². The number of aryl methyl sites for hydroxylation is 1. The smallest absolute Gasteiger partial charge is 0.326 e. The zero-order valence-electron chi connectivity index (χ0n) is 14.2. The van der Waals surface area contributed by atoms with E-state index in [-0.39, 0.29) is 11.5 Å². The van der Waals surface area contributed by atoms with Crippen LogP contribution in [0.3, 0.4) is 0 Å². The molecule has 1 aromatic rings. The first kappa shape index (κ1) is 19.2. The largest absolute Gasteiger partial charge is 0.480 e. The molecule has 0 aromatic heterocycles. The number of carboxylic acid groups (broad SMARTS) is 1. The van der Waals surface area contributed by atoms with Crippen LogP contribution < -0.4 is 10.6 Å². The highest BCUT2D eigenvalue weighted by Gasteiger charge is 2.22. The standard InChI is InChI=1S/C18H23N3O3/c1-12(2)8-16(18(23)24)21-17(22)15(9-19)11-20-10-14-7-5-4-6-13(14)3/h4-7,11-12,16,20H,8,10H2,1-3H3,(H,21,22)(H,23,24)/b15-11-. The lowest BCUT2D eigenvalue weighted by molar-refractivity contribution is -0.141. The molecule has 1 amide bonds. The lowest BCUT2D eigenvalue weighted by atomic mass is 10.0. The van der Waals surface area contributed by atoms with Gasteiger partial charge in [-0.3, -0.25) is 4.79 Å². The summed E-state index contributed by atoms with van der Waals surface area (Å²) < 4.78 is 0. The Bertz CT molecular complexity index is 660. The van der Waals surface area contributed by atoms with Crippen LogP contribution in [0.2, 0.25) is 0 Å². The first-order valence-corrected chi connectivity index (χ1v) is 7.77. The van der Waals surface area contributed by atoms with Gasteiger partial charge < -0.3 is 15.7 Å². The summed E-state index contributed by atoms with van der Waals surface area (Å²) in [5.74, 6) is -1.69. The summed E-state index contributed by atoms with van der Waals surface area (Å²) in [6.45, 7) is 6.18. The van der Waals surface area contributed by atoms with E-state index < -0.39 is 17.9 Å². The Morgan fingerprint density at radius 1 is 1.33 bits per heavy atom. The average Bonchev–Trinajstić information content (AvgIpc) is 2.51. The number of nitrogens with zero attached hydrogens (tertiary/aromatic N) is 1. The molecule has 24 heavy (non-hydrogen) atoms. The first-order chi connectivity index (χ1) is 11.3. The van der Waals surface area contributed by atoms with Crippen LogP contribution in [-0.2, 0) is 16.1 Å². The second-order valence-corrected chi connectivity index (χ2v) is 5.97. The molecule has 0 heterocycles. The number of rotatable bonds is 8. The van der Waals surface area contributed by atoms with Gasteiger partial charge in [0.2, 0.25) is 0 Å². The SMILES string of the molecule is Cc1ccccc1CN/C=C(/C#N)C(=O)NC(CC(C)C)C(=O)O. The molecule has 0 aliphatic carbocycles. The summed E-state index contributed by atoms with van der Waals surface area (Å²) >= 11 is 0. The van der Waals surface area contributed by atoms with Gasteiger partial charge in [-0.2, -0.15) is 5.26 Å². The predicted molar refractivity (Wildman–Crippen MR) is 90.7 cm³/mol. The van der Waals surface area contributed by atoms with Crippen molar-refractivity contribution >= 4 is 11.9 Å². The number of hydrogen-bond acceptors (Lipinski definition) is 4. The van der Waals surface area contributed by atoms with Crippen LogP contribution in [0.25, 0.3) is 0 Å². The van der Waals surface area contributed by atoms with Crippen LogP contribution in [0.4, 0.5) is 0 Å². The Hall–Kier alpha value is -2.81. The second kappa shape index (κ2) is 9.36. The molecule has 0 fully saturated rings. The molecule has 0 saturated carbocycles. The number of benzene rings is 1. The molecule has 0 saturated heterocycles. The molecule has 1 rings (SSSR count). The predicted octanol–water partition coefficient (Wildman–Crippen LogP) is 2.11. The molecule has 0 bridgehead atoms. The molecule has 6 heteroatoms. The molecule has 1 aromatic carbocycles. The maximum Gasteiger partial charge on any atom is 0.326 e. The zero-order chi connectivity index (χ0) is 18.1. The van der Waals surface area contributed by atoms with E-state index in [1.807, 2.05) is 45.0 Å². The molecule has 0 spiro atoms. The number of carbonyl (C=O) groups excluding carboxylic acids is 1. The summed E-state index contributed by atoms with van der Waals surface area (Å²) in [5.41, 5.74) is 2.00. The second-order valence-electron chi connectivity index (χ2n) is 5.97. The van der Waals surface area contributed by atoms with Gasteiger partial charge in [0.05, 0.1) is 0 Å². The third-order valence-electron chi connectivity index (χ3n) is 3.48. The molecule has 0 aliphatic rings. The number of amides is 1. The quantitative estimate of drug-likeness (QED) is 0.501.